The van der Waals surface area contributed by atoms with Crippen molar-refractivity contribution < 1.29 is 14.6 Å². The SMILES string of the molecule is CCCOc1cc(C)c(C(CC)CC(=O)O)cc1C. The van der Waals surface area contributed by atoms with Crippen LogP contribution in [-0.2, 0) is 4.79 Å². The summed E-state index contributed by atoms with van der Waals surface area (Å²) >= 11 is 0. The van der Waals surface area contributed by atoms with Gasteiger partial charge in [-0.05, 0) is 55.4 Å². The molecular weight excluding hydrogens is 240 g/mol. The third-order valence-corrected chi connectivity index (χ3v) is 3.38. The summed E-state index contributed by atoms with van der Waals surface area (Å²) in [5, 5.41) is 8.98. The van der Waals surface area contributed by atoms with Crippen LogP contribution < -0.4 is 4.74 Å². The summed E-state index contributed by atoms with van der Waals surface area (Å²) in [6.45, 7) is 8.87. The number of carbonyl (C=O) groups is 1. The van der Waals surface area contributed by atoms with Gasteiger partial charge in [0, 0.05) is 0 Å². The van der Waals surface area contributed by atoms with E-state index in [-0.39, 0.29) is 12.3 Å². The van der Waals surface area contributed by atoms with Crippen molar-refractivity contribution in [2.75, 3.05) is 6.61 Å². The van der Waals surface area contributed by atoms with E-state index in [1.54, 1.807) is 0 Å². The molecule has 0 heterocycles. The summed E-state index contributed by atoms with van der Waals surface area (Å²) in [4.78, 5) is 10.9. The van der Waals surface area contributed by atoms with Crippen molar-refractivity contribution in [1.29, 1.82) is 0 Å². The Hall–Kier alpha value is -1.51. The van der Waals surface area contributed by atoms with Gasteiger partial charge in [0.15, 0.2) is 0 Å². The summed E-state index contributed by atoms with van der Waals surface area (Å²) in [5.74, 6) is 0.250. The average molecular weight is 264 g/mol. The smallest absolute Gasteiger partial charge is 0.303 e. The van der Waals surface area contributed by atoms with E-state index in [1.165, 1.54) is 0 Å². The van der Waals surface area contributed by atoms with E-state index in [9.17, 15) is 4.79 Å². The molecule has 3 heteroatoms. The number of benzene rings is 1. The van der Waals surface area contributed by atoms with Crippen LogP contribution in [0.5, 0.6) is 5.75 Å². The topological polar surface area (TPSA) is 46.5 Å². The summed E-state index contributed by atoms with van der Waals surface area (Å²) in [6.07, 6.45) is 2.00. The minimum atomic E-state index is -0.741. The number of aliphatic carboxylic acids is 1. The highest BCUT2D eigenvalue weighted by Crippen LogP contribution is 2.31. The normalized spacial score (nSPS) is 12.2. The molecule has 0 aliphatic heterocycles. The number of aryl methyl sites for hydroxylation is 2. The first-order valence-electron chi connectivity index (χ1n) is 6.95. The molecule has 0 fully saturated rings. The maximum atomic E-state index is 10.9. The summed E-state index contributed by atoms with van der Waals surface area (Å²) < 4.78 is 5.70. The highest BCUT2D eigenvalue weighted by Gasteiger charge is 2.17. The lowest BCUT2D eigenvalue weighted by atomic mass is 9.88. The van der Waals surface area contributed by atoms with Gasteiger partial charge >= 0.3 is 5.97 Å². The molecular formula is C16H24O3. The van der Waals surface area contributed by atoms with Gasteiger partial charge in [0.1, 0.15) is 5.75 Å². The van der Waals surface area contributed by atoms with Crippen LogP contribution >= 0.6 is 0 Å². The van der Waals surface area contributed by atoms with E-state index in [0.29, 0.717) is 6.61 Å². The Morgan fingerprint density at radius 2 is 1.95 bits per heavy atom. The van der Waals surface area contributed by atoms with Crippen LogP contribution in [0.2, 0.25) is 0 Å². The van der Waals surface area contributed by atoms with Crippen molar-refractivity contribution in [3.8, 4) is 5.75 Å². The number of ether oxygens (including phenoxy) is 1. The lowest BCUT2D eigenvalue weighted by Crippen LogP contribution is -2.08. The van der Waals surface area contributed by atoms with Crippen LogP contribution in [0.1, 0.15) is 55.7 Å². The molecule has 1 rings (SSSR count). The zero-order valence-corrected chi connectivity index (χ0v) is 12.3. The number of hydrogen-bond donors (Lipinski definition) is 1. The summed E-state index contributed by atoms with van der Waals surface area (Å²) in [5.41, 5.74) is 3.33. The number of rotatable bonds is 7. The van der Waals surface area contributed by atoms with Gasteiger partial charge in [-0.25, -0.2) is 0 Å². The van der Waals surface area contributed by atoms with Crippen molar-refractivity contribution >= 4 is 5.97 Å². The molecule has 0 amide bonds. The summed E-state index contributed by atoms with van der Waals surface area (Å²) in [6, 6.07) is 4.11. The van der Waals surface area contributed by atoms with Gasteiger partial charge in [-0.3, -0.25) is 4.79 Å². The molecule has 0 saturated heterocycles. The van der Waals surface area contributed by atoms with Crippen LogP contribution in [0.25, 0.3) is 0 Å². The van der Waals surface area contributed by atoms with Gasteiger partial charge in [-0.2, -0.15) is 0 Å². The van der Waals surface area contributed by atoms with Crippen molar-refractivity contribution in [3.63, 3.8) is 0 Å². The lowest BCUT2D eigenvalue weighted by Gasteiger charge is -2.19. The molecule has 0 bridgehead atoms. The second-order valence-corrected chi connectivity index (χ2v) is 5.03. The number of carboxylic acid groups (broad SMARTS) is 1. The molecule has 0 radical (unpaired) electrons. The molecule has 0 spiro atoms. The fraction of sp³-hybridized carbons (Fsp3) is 0.562. The van der Waals surface area contributed by atoms with Crippen molar-refractivity contribution in [2.45, 2.75) is 52.9 Å². The summed E-state index contributed by atoms with van der Waals surface area (Å²) in [7, 11) is 0. The molecule has 106 valence electrons. The largest absolute Gasteiger partial charge is 0.493 e. The van der Waals surface area contributed by atoms with Gasteiger partial charge < -0.3 is 9.84 Å². The highest BCUT2D eigenvalue weighted by molar-refractivity contribution is 5.68. The molecule has 1 aromatic carbocycles. The van der Waals surface area contributed by atoms with Crippen LogP contribution in [0.15, 0.2) is 12.1 Å². The monoisotopic (exact) mass is 264 g/mol. The highest BCUT2D eigenvalue weighted by atomic mass is 16.5. The van der Waals surface area contributed by atoms with Gasteiger partial charge in [-0.1, -0.05) is 19.9 Å². The fourth-order valence-corrected chi connectivity index (χ4v) is 2.30. The van der Waals surface area contributed by atoms with Crippen LogP contribution in [-0.4, -0.2) is 17.7 Å². The maximum Gasteiger partial charge on any atom is 0.303 e. The Morgan fingerprint density at radius 3 is 2.47 bits per heavy atom. The minimum Gasteiger partial charge on any atom is -0.493 e. The maximum absolute atomic E-state index is 10.9. The molecule has 0 saturated carbocycles. The van der Waals surface area contributed by atoms with Gasteiger partial charge in [-0.15, -0.1) is 0 Å². The molecule has 0 aliphatic carbocycles. The standard InChI is InChI=1S/C16H24O3/c1-5-7-19-15-9-11(3)14(8-12(15)4)13(6-2)10-16(17)18/h8-9,13H,5-7,10H2,1-4H3,(H,17,18). The number of hydrogen-bond acceptors (Lipinski definition) is 2. The molecule has 3 nitrogen and oxygen atoms in total. The van der Waals surface area contributed by atoms with E-state index in [4.69, 9.17) is 9.84 Å². The third-order valence-electron chi connectivity index (χ3n) is 3.38. The van der Waals surface area contributed by atoms with Crippen molar-refractivity contribution in [1.82, 2.24) is 0 Å². The molecule has 0 aliphatic rings. The molecule has 0 aromatic heterocycles. The second-order valence-electron chi connectivity index (χ2n) is 5.03. The Balaban J connectivity index is 3.02. The van der Waals surface area contributed by atoms with E-state index in [0.717, 1.165) is 35.3 Å². The van der Waals surface area contributed by atoms with E-state index >= 15 is 0 Å². The molecule has 1 atom stereocenters. The Kier molecular flexibility index (Phi) is 5.87. The van der Waals surface area contributed by atoms with Crippen LogP contribution in [0.3, 0.4) is 0 Å². The predicted octanol–water partition coefficient (Wildman–Crippen LogP) is 4.06. The quantitative estimate of drug-likeness (QED) is 0.807. The van der Waals surface area contributed by atoms with Crippen LogP contribution in [0.4, 0.5) is 0 Å². The molecule has 1 aromatic rings. The van der Waals surface area contributed by atoms with Crippen LogP contribution in [0, 0.1) is 13.8 Å². The first-order chi connectivity index (χ1) is 8.99. The lowest BCUT2D eigenvalue weighted by molar-refractivity contribution is -0.137. The van der Waals surface area contributed by atoms with Gasteiger partial charge in [0.05, 0.1) is 13.0 Å². The Bertz CT molecular complexity index is 438. The Labute approximate surface area is 115 Å². The zero-order chi connectivity index (χ0) is 14.4. The Morgan fingerprint density at radius 1 is 1.26 bits per heavy atom. The predicted molar refractivity (Wildman–Crippen MR) is 77.0 cm³/mol. The van der Waals surface area contributed by atoms with Gasteiger partial charge in [0.25, 0.3) is 0 Å². The minimum absolute atomic E-state index is 0.0800. The fourth-order valence-electron chi connectivity index (χ4n) is 2.30. The third kappa shape index (κ3) is 4.27. The number of carboxylic acids is 1. The molecule has 1 N–H and O–H groups in total. The first-order valence-corrected chi connectivity index (χ1v) is 6.95. The molecule has 19 heavy (non-hydrogen) atoms. The van der Waals surface area contributed by atoms with Crippen molar-refractivity contribution in [3.05, 3.63) is 28.8 Å². The van der Waals surface area contributed by atoms with E-state index < -0.39 is 5.97 Å². The van der Waals surface area contributed by atoms with E-state index in [2.05, 4.69) is 13.0 Å². The molecule has 1 unspecified atom stereocenters. The van der Waals surface area contributed by atoms with Gasteiger partial charge in [0.2, 0.25) is 0 Å². The van der Waals surface area contributed by atoms with E-state index in [1.807, 2.05) is 26.8 Å². The second kappa shape index (κ2) is 7.17. The average Bonchev–Trinajstić information content (AvgIpc) is 2.36. The first kappa shape index (κ1) is 15.5. The van der Waals surface area contributed by atoms with Crippen molar-refractivity contribution in [2.24, 2.45) is 0 Å². The zero-order valence-electron chi connectivity index (χ0n) is 12.3.